The van der Waals surface area contributed by atoms with Crippen molar-refractivity contribution >= 4 is 39.9 Å². The molecule has 1 saturated heterocycles. The number of anilines is 2. The number of halogens is 2. The molecular weight excluding hydrogens is 607 g/mol. The number of hydrogen-bond acceptors (Lipinski definition) is 8. The second-order valence-electron chi connectivity index (χ2n) is 11.4. The summed E-state index contributed by atoms with van der Waals surface area (Å²) in [5, 5.41) is 13.5. The summed E-state index contributed by atoms with van der Waals surface area (Å²) in [5.41, 5.74) is 3.82. The Morgan fingerprint density at radius 1 is 1.11 bits per heavy atom. The normalized spacial score (nSPS) is 14.0. The van der Waals surface area contributed by atoms with Crippen LogP contribution in [0.15, 0.2) is 85.3 Å². The quantitative estimate of drug-likeness (QED) is 0.178. The fourth-order valence-electron chi connectivity index (χ4n) is 5.34. The van der Waals surface area contributed by atoms with Crippen LogP contribution in [-0.2, 0) is 11.4 Å². The molecule has 6 rings (SSSR count). The topological polar surface area (TPSA) is 101 Å². The van der Waals surface area contributed by atoms with E-state index in [9.17, 15) is 9.18 Å². The number of amides is 1. The van der Waals surface area contributed by atoms with E-state index in [4.69, 9.17) is 16.3 Å². The summed E-state index contributed by atoms with van der Waals surface area (Å²) in [6, 6.07) is 17.7. The number of rotatable bonds is 10. The van der Waals surface area contributed by atoms with Gasteiger partial charge in [-0.3, -0.25) is 4.79 Å². The van der Waals surface area contributed by atoms with Gasteiger partial charge in [0.15, 0.2) is 0 Å². The van der Waals surface area contributed by atoms with Crippen molar-refractivity contribution in [3.8, 4) is 17.0 Å². The largest absolute Gasteiger partial charge is 0.487 e. The summed E-state index contributed by atoms with van der Waals surface area (Å²) in [4.78, 5) is 25.4. The Morgan fingerprint density at radius 3 is 2.74 bits per heavy atom. The van der Waals surface area contributed by atoms with Gasteiger partial charge in [0.1, 0.15) is 36.0 Å². The summed E-state index contributed by atoms with van der Waals surface area (Å²) in [6.45, 7) is 2.29. The molecule has 0 aliphatic carbocycles. The molecule has 0 spiro atoms. The van der Waals surface area contributed by atoms with Gasteiger partial charge in [-0.05, 0) is 75.0 Å². The number of nitrogens with zero attached hydrogens (tertiary/aromatic N) is 7. The summed E-state index contributed by atoms with van der Waals surface area (Å²) in [6.07, 6.45) is 8.65. The van der Waals surface area contributed by atoms with E-state index in [0.717, 1.165) is 47.2 Å². The third-order valence-electron chi connectivity index (χ3n) is 7.80. The second-order valence-corrected chi connectivity index (χ2v) is 11.9. The zero-order valence-electron chi connectivity index (χ0n) is 25.6. The van der Waals surface area contributed by atoms with Gasteiger partial charge in [-0.2, -0.15) is 0 Å². The van der Waals surface area contributed by atoms with Crippen molar-refractivity contribution in [2.75, 3.05) is 39.0 Å². The lowest BCUT2D eigenvalue weighted by Gasteiger charge is -2.31. The lowest BCUT2D eigenvalue weighted by Crippen LogP contribution is -2.38. The minimum Gasteiger partial charge on any atom is -0.487 e. The van der Waals surface area contributed by atoms with E-state index in [-0.39, 0.29) is 24.4 Å². The number of benzene rings is 3. The van der Waals surface area contributed by atoms with Gasteiger partial charge < -0.3 is 19.9 Å². The molecule has 3 heterocycles. The number of likely N-dealkylation sites (N-methyl/N-ethyl adjacent to an activating group) is 1. The number of carbonyl (C=O) groups is 1. The molecule has 1 aliphatic heterocycles. The predicted molar refractivity (Wildman–Crippen MR) is 177 cm³/mol. The van der Waals surface area contributed by atoms with E-state index < -0.39 is 0 Å². The molecule has 46 heavy (non-hydrogen) atoms. The maximum Gasteiger partial charge on any atom is 0.246 e. The van der Waals surface area contributed by atoms with Crippen LogP contribution in [0.1, 0.15) is 24.4 Å². The van der Waals surface area contributed by atoms with Crippen LogP contribution >= 0.6 is 11.6 Å². The Morgan fingerprint density at radius 2 is 1.96 bits per heavy atom. The van der Waals surface area contributed by atoms with Gasteiger partial charge in [-0.25, -0.2) is 19.0 Å². The Balaban J connectivity index is 1.12. The van der Waals surface area contributed by atoms with E-state index in [1.807, 2.05) is 65.1 Å². The van der Waals surface area contributed by atoms with Crippen molar-refractivity contribution in [2.45, 2.75) is 25.5 Å². The molecule has 12 heteroatoms. The first-order valence-corrected chi connectivity index (χ1v) is 15.4. The third-order valence-corrected chi connectivity index (χ3v) is 8.10. The SMILES string of the molecule is CN(C)C/C=C/C(=O)N1CCC(n2cc(-c3ccc4ncnc(Nc5ccc(OCc6cccc(F)c6)c(Cl)c5)c4c3)nn2)CC1. The van der Waals surface area contributed by atoms with Crippen molar-refractivity contribution in [1.82, 2.24) is 34.8 Å². The number of nitrogens with one attached hydrogen (secondary N) is 1. The number of aromatic nitrogens is 5. The molecule has 1 amide bonds. The highest BCUT2D eigenvalue weighted by molar-refractivity contribution is 6.32. The highest BCUT2D eigenvalue weighted by Gasteiger charge is 2.24. The predicted octanol–water partition coefficient (Wildman–Crippen LogP) is 6.28. The van der Waals surface area contributed by atoms with Crippen molar-refractivity contribution in [2.24, 2.45) is 0 Å². The van der Waals surface area contributed by atoms with Gasteiger partial charge in [0.2, 0.25) is 5.91 Å². The summed E-state index contributed by atoms with van der Waals surface area (Å²) in [7, 11) is 3.95. The molecule has 2 aromatic heterocycles. The molecule has 236 valence electrons. The lowest BCUT2D eigenvalue weighted by molar-refractivity contribution is -0.127. The Bertz CT molecular complexity index is 1870. The van der Waals surface area contributed by atoms with Crippen LogP contribution in [-0.4, -0.2) is 74.4 Å². The molecule has 1 aliphatic rings. The standard InChI is InChI=1S/C34H34ClFN8O2/c1-42(2)14-4-7-33(45)43-15-12-27(13-16-43)44-20-31(40-41-44)24-8-10-30-28(18-24)34(38-22-37-30)39-26-9-11-32(29(35)19-26)46-21-23-5-3-6-25(36)17-23/h3-11,17-20,22,27H,12-16,21H2,1-2H3,(H,37,38,39)/b7-4+. The van der Waals surface area contributed by atoms with Crippen molar-refractivity contribution in [3.05, 3.63) is 102 Å². The minimum absolute atomic E-state index is 0.0507. The van der Waals surface area contributed by atoms with Gasteiger partial charge in [0, 0.05) is 42.3 Å². The molecule has 1 N–H and O–H groups in total. The first kappa shape index (κ1) is 31.1. The van der Waals surface area contributed by atoms with Crippen LogP contribution in [0.4, 0.5) is 15.9 Å². The molecule has 0 saturated carbocycles. The van der Waals surface area contributed by atoms with E-state index >= 15 is 0 Å². The molecule has 0 radical (unpaired) electrons. The van der Waals surface area contributed by atoms with Crippen molar-refractivity contribution < 1.29 is 13.9 Å². The zero-order valence-corrected chi connectivity index (χ0v) is 26.4. The van der Waals surface area contributed by atoms with Crippen LogP contribution in [0.2, 0.25) is 5.02 Å². The Kier molecular flexibility index (Phi) is 9.51. The molecule has 0 atom stereocenters. The van der Waals surface area contributed by atoms with Crippen molar-refractivity contribution in [3.63, 3.8) is 0 Å². The fraction of sp³-hybridized carbons (Fsp3) is 0.265. The number of piperidine rings is 1. The van der Waals surface area contributed by atoms with Gasteiger partial charge in [-0.1, -0.05) is 41.1 Å². The van der Waals surface area contributed by atoms with Gasteiger partial charge >= 0.3 is 0 Å². The van der Waals surface area contributed by atoms with E-state index in [1.165, 1.54) is 18.5 Å². The zero-order chi connectivity index (χ0) is 32.0. The lowest BCUT2D eigenvalue weighted by atomic mass is 10.0. The second kappa shape index (κ2) is 14.1. The summed E-state index contributed by atoms with van der Waals surface area (Å²) < 4.78 is 21.2. The highest BCUT2D eigenvalue weighted by Crippen LogP contribution is 2.32. The maximum atomic E-state index is 13.5. The van der Waals surface area contributed by atoms with Crippen molar-refractivity contribution in [1.29, 1.82) is 0 Å². The van der Waals surface area contributed by atoms with E-state index in [1.54, 1.807) is 30.3 Å². The average molecular weight is 641 g/mol. The molecule has 3 aromatic carbocycles. The van der Waals surface area contributed by atoms with Crippen LogP contribution < -0.4 is 10.1 Å². The van der Waals surface area contributed by atoms with Gasteiger partial charge in [0.05, 0.1) is 22.8 Å². The van der Waals surface area contributed by atoms with Gasteiger partial charge in [0.25, 0.3) is 0 Å². The van der Waals surface area contributed by atoms with Crippen LogP contribution in [0.25, 0.3) is 22.2 Å². The van der Waals surface area contributed by atoms with E-state index in [0.29, 0.717) is 35.2 Å². The number of ether oxygens (including phenoxy) is 1. The smallest absolute Gasteiger partial charge is 0.246 e. The highest BCUT2D eigenvalue weighted by atomic mass is 35.5. The summed E-state index contributed by atoms with van der Waals surface area (Å²) >= 11 is 6.52. The first-order valence-electron chi connectivity index (χ1n) is 15.0. The number of carbonyl (C=O) groups excluding carboxylic acids is 1. The number of hydrogen-bond donors (Lipinski definition) is 1. The van der Waals surface area contributed by atoms with Crippen LogP contribution in [0, 0.1) is 5.82 Å². The number of likely N-dealkylation sites (tertiary alicyclic amines) is 1. The minimum atomic E-state index is -0.314. The molecule has 1 fully saturated rings. The first-order chi connectivity index (χ1) is 22.3. The summed E-state index contributed by atoms with van der Waals surface area (Å²) in [5.74, 6) is 0.838. The van der Waals surface area contributed by atoms with Crippen LogP contribution in [0.3, 0.4) is 0 Å². The fourth-order valence-corrected chi connectivity index (χ4v) is 5.58. The molecule has 5 aromatic rings. The molecular formula is C34H34ClFN8O2. The third kappa shape index (κ3) is 7.49. The Labute approximate surface area is 271 Å². The van der Waals surface area contributed by atoms with Gasteiger partial charge in [-0.15, -0.1) is 5.10 Å². The molecule has 10 nitrogen and oxygen atoms in total. The monoisotopic (exact) mass is 640 g/mol. The number of fused-ring (bicyclic) bond motifs is 1. The average Bonchev–Trinajstić information content (AvgIpc) is 3.55. The van der Waals surface area contributed by atoms with E-state index in [2.05, 4.69) is 25.6 Å². The Hall–Kier alpha value is -4.87. The van der Waals surface area contributed by atoms with Crippen LogP contribution in [0.5, 0.6) is 5.75 Å². The molecule has 0 unspecified atom stereocenters. The maximum absolute atomic E-state index is 13.5. The molecule has 0 bridgehead atoms.